The van der Waals surface area contributed by atoms with Crippen molar-refractivity contribution in [2.45, 2.75) is 270 Å². The lowest BCUT2D eigenvalue weighted by atomic mass is 10.0. The van der Waals surface area contributed by atoms with E-state index in [1.165, 1.54) is 193 Å². The average molecular weight is 846 g/mol. The highest BCUT2D eigenvalue weighted by Crippen LogP contribution is 2.43. The van der Waals surface area contributed by atoms with Crippen molar-refractivity contribution in [2.75, 3.05) is 40.9 Å². The normalized spacial score (nSPS) is 14.1. The van der Waals surface area contributed by atoms with E-state index in [2.05, 4.69) is 19.2 Å². The number of unbranched alkanes of at least 4 members (excludes halogenated alkanes) is 34. The zero-order valence-electron chi connectivity index (χ0n) is 39.6. The number of nitrogens with one attached hydrogen (secondary N) is 1. The molecule has 1 amide bonds. The molecule has 3 atom stereocenters. The van der Waals surface area contributed by atoms with E-state index in [0.29, 0.717) is 23.9 Å². The van der Waals surface area contributed by atoms with Gasteiger partial charge in [0.25, 0.3) is 0 Å². The van der Waals surface area contributed by atoms with Crippen molar-refractivity contribution < 1.29 is 32.9 Å². The zero-order valence-corrected chi connectivity index (χ0v) is 40.5. The van der Waals surface area contributed by atoms with Crippen LogP contribution in [-0.4, -0.2) is 73.4 Å². The van der Waals surface area contributed by atoms with Crippen molar-refractivity contribution >= 4 is 13.7 Å². The van der Waals surface area contributed by atoms with Gasteiger partial charge in [-0.25, -0.2) is 4.57 Å². The molecule has 0 fully saturated rings. The van der Waals surface area contributed by atoms with E-state index >= 15 is 0 Å². The molecule has 3 N–H and O–H groups in total. The zero-order chi connectivity index (χ0) is 42.8. The minimum absolute atomic E-state index is 0.0788. The van der Waals surface area contributed by atoms with Crippen molar-refractivity contribution in [3.8, 4) is 0 Å². The number of hydrogen-bond acceptors (Lipinski definition) is 5. The van der Waals surface area contributed by atoms with Crippen LogP contribution in [0.1, 0.15) is 258 Å². The second-order valence-corrected chi connectivity index (χ2v) is 20.4. The first-order valence-corrected chi connectivity index (χ1v) is 26.9. The molecule has 0 saturated heterocycles. The lowest BCUT2D eigenvalue weighted by molar-refractivity contribution is -0.870. The van der Waals surface area contributed by atoms with Crippen LogP contribution in [0.3, 0.4) is 0 Å². The van der Waals surface area contributed by atoms with Crippen molar-refractivity contribution in [3.63, 3.8) is 0 Å². The number of likely N-dealkylation sites (N-methyl/N-ethyl adjacent to an activating group) is 1. The third-order valence-electron chi connectivity index (χ3n) is 11.9. The van der Waals surface area contributed by atoms with Gasteiger partial charge in [0.1, 0.15) is 13.2 Å². The molecular weight excluding hydrogens is 744 g/mol. The van der Waals surface area contributed by atoms with Gasteiger partial charge in [-0.05, 0) is 12.8 Å². The maximum absolute atomic E-state index is 12.9. The summed E-state index contributed by atoms with van der Waals surface area (Å²) in [5.41, 5.74) is 0. The lowest BCUT2D eigenvalue weighted by Crippen LogP contribution is -2.46. The largest absolute Gasteiger partial charge is 0.472 e. The second-order valence-electron chi connectivity index (χ2n) is 18.9. The van der Waals surface area contributed by atoms with Gasteiger partial charge in [0.15, 0.2) is 0 Å². The molecule has 0 aromatic rings. The van der Waals surface area contributed by atoms with Crippen LogP contribution in [0.2, 0.25) is 0 Å². The van der Waals surface area contributed by atoms with Gasteiger partial charge in [0, 0.05) is 6.42 Å². The Morgan fingerprint density at radius 3 is 1.16 bits per heavy atom. The van der Waals surface area contributed by atoms with Crippen LogP contribution in [0.4, 0.5) is 0 Å². The van der Waals surface area contributed by atoms with Crippen molar-refractivity contribution in [1.82, 2.24) is 5.32 Å². The van der Waals surface area contributed by atoms with E-state index in [-0.39, 0.29) is 19.1 Å². The molecule has 9 heteroatoms. The van der Waals surface area contributed by atoms with Crippen molar-refractivity contribution in [3.05, 3.63) is 0 Å². The van der Waals surface area contributed by atoms with E-state index < -0.39 is 20.0 Å². The van der Waals surface area contributed by atoms with Crippen LogP contribution < -0.4 is 5.32 Å². The fourth-order valence-electron chi connectivity index (χ4n) is 7.81. The highest BCUT2D eigenvalue weighted by atomic mass is 31.2. The molecule has 0 aromatic heterocycles. The quantitative estimate of drug-likeness (QED) is 0.0320. The van der Waals surface area contributed by atoms with Gasteiger partial charge in [-0.1, -0.05) is 239 Å². The molecule has 0 aliphatic heterocycles. The number of aliphatic hydroxyl groups is 1. The molecule has 0 aliphatic carbocycles. The van der Waals surface area contributed by atoms with Gasteiger partial charge in [-0.15, -0.1) is 0 Å². The SMILES string of the molecule is CCCCCCCCCCCCCCCCCCCCCCCC(=O)N[C@@H](COP(=O)(O)OCC[N+](C)(C)C)[C@H](O)CCCCCCCCCCCCCCCCC. The van der Waals surface area contributed by atoms with E-state index in [1.54, 1.807) is 0 Å². The summed E-state index contributed by atoms with van der Waals surface area (Å²) < 4.78 is 23.7. The Bertz CT molecular complexity index is 916. The van der Waals surface area contributed by atoms with E-state index in [9.17, 15) is 19.4 Å². The molecule has 0 bridgehead atoms. The maximum atomic E-state index is 12.9. The van der Waals surface area contributed by atoms with Gasteiger partial charge in [0.05, 0.1) is 39.9 Å². The van der Waals surface area contributed by atoms with Crippen LogP contribution in [0, 0.1) is 0 Å². The number of phosphoric ester groups is 1. The molecular formula is C49H102N2O6P+. The fourth-order valence-corrected chi connectivity index (χ4v) is 8.55. The summed E-state index contributed by atoms with van der Waals surface area (Å²) in [5.74, 6) is -0.138. The summed E-state index contributed by atoms with van der Waals surface area (Å²) in [6.45, 7) is 4.93. The Morgan fingerprint density at radius 2 is 0.828 bits per heavy atom. The highest BCUT2D eigenvalue weighted by Gasteiger charge is 2.28. The number of amides is 1. The number of quaternary nitrogens is 1. The Balaban J connectivity index is 4.20. The van der Waals surface area contributed by atoms with Crippen LogP contribution in [-0.2, 0) is 18.4 Å². The first-order valence-electron chi connectivity index (χ1n) is 25.4. The second kappa shape index (κ2) is 41.8. The number of rotatable bonds is 47. The predicted octanol–water partition coefficient (Wildman–Crippen LogP) is 14.5. The number of carbonyl (C=O) groups excluding carboxylic acids is 1. The summed E-state index contributed by atoms with van der Waals surface area (Å²) in [6, 6.07) is -0.753. The lowest BCUT2D eigenvalue weighted by Gasteiger charge is -2.26. The fraction of sp³-hybridized carbons (Fsp3) is 0.980. The number of carbonyl (C=O) groups is 1. The predicted molar refractivity (Wildman–Crippen MR) is 249 cm³/mol. The Morgan fingerprint density at radius 1 is 0.517 bits per heavy atom. The van der Waals surface area contributed by atoms with Crippen LogP contribution in [0.5, 0.6) is 0 Å². The van der Waals surface area contributed by atoms with Crippen LogP contribution in [0.15, 0.2) is 0 Å². The number of nitrogens with zero attached hydrogens (tertiary/aromatic N) is 1. The first-order chi connectivity index (χ1) is 28.0. The number of aliphatic hydroxyl groups excluding tert-OH is 1. The minimum Gasteiger partial charge on any atom is -0.391 e. The van der Waals surface area contributed by atoms with E-state index in [1.807, 2.05) is 21.1 Å². The first kappa shape index (κ1) is 57.5. The summed E-state index contributed by atoms with van der Waals surface area (Å²) in [7, 11) is 1.63. The summed E-state index contributed by atoms with van der Waals surface area (Å²) in [4.78, 5) is 23.2. The molecule has 0 heterocycles. The molecule has 1 unspecified atom stereocenters. The third-order valence-corrected chi connectivity index (χ3v) is 12.8. The topological polar surface area (TPSA) is 105 Å². The molecule has 0 aromatic carbocycles. The highest BCUT2D eigenvalue weighted by molar-refractivity contribution is 7.47. The molecule has 58 heavy (non-hydrogen) atoms. The number of phosphoric acid groups is 1. The smallest absolute Gasteiger partial charge is 0.391 e. The third kappa shape index (κ3) is 43.6. The minimum atomic E-state index is -4.31. The summed E-state index contributed by atoms with van der Waals surface area (Å²) in [6.07, 6.45) is 47.0. The van der Waals surface area contributed by atoms with Gasteiger partial charge in [0.2, 0.25) is 5.91 Å². The van der Waals surface area contributed by atoms with Gasteiger partial charge in [-0.3, -0.25) is 13.8 Å². The monoisotopic (exact) mass is 846 g/mol. The maximum Gasteiger partial charge on any atom is 0.472 e. The standard InChI is InChI=1S/C49H101N2O6P/c1-6-8-10-12-14-16-18-20-22-23-24-25-26-27-29-31-33-35-37-39-41-43-49(53)50-47(46-57-58(54,55)56-45-44-51(3,4)5)48(52)42-40-38-36-34-32-30-28-21-19-17-15-13-11-9-7-2/h47-48,52H,6-46H2,1-5H3,(H-,50,53,54,55)/p+1/t47-,48+/m0/s1. The molecule has 0 radical (unpaired) electrons. The van der Waals surface area contributed by atoms with E-state index in [0.717, 1.165) is 38.5 Å². The number of hydrogen-bond donors (Lipinski definition) is 3. The molecule has 8 nitrogen and oxygen atoms in total. The Labute approximate surface area is 361 Å². The van der Waals surface area contributed by atoms with Gasteiger partial charge >= 0.3 is 7.82 Å². The Hall–Kier alpha value is -0.500. The molecule has 0 spiro atoms. The van der Waals surface area contributed by atoms with Crippen LogP contribution in [0.25, 0.3) is 0 Å². The molecule has 0 aliphatic rings. The van der Waals surface area contributed by atoms with Crippen molar-refractivity contribution in [2.24, 2.45) is 0 Å². The van der Waals surface area contributed by atoms with E-state index in [4.69, 9.17) is 9.05 Å². The molecule has 0 saturated carbocycles. The van der Waals surface area contributed by atoms with Crippen LogP contribution >= 0.6 is 7.82 Å². The Kier molecular flexibility index (Phi) is 41.5. The van der Waals surface area contributed by atoms with Gasteiger partial charge < -0.3 is 19.8 Å². The van der Waals surface area contributed by atoms with Gasteiger partial charge in [-0.2, -0.15) is 0 Å². The van der Waals surface area contributed by atoms with Crippen molar-refractivity contribution in [1.29, 1.82) is 0 Å². The average Bonchev–Trinajstić information content (AvgIpc) is 3.17. The summed E-state index contributed by atoms with van der Waals surface area (Å²) in [5, 5.41) is 14.0. The molecule has 0 rings (SSSR count). The summed E-state index contributed by atoms with van der Waals surface area (Å²) >= 11 is 0. The molecule has 348 valence electrons.